The van der Waals surface area contributed by atoms with Gasteiger partial charge < -0.3 is 14.8 Å². The first-order valence-corrected chi connectivity index (χ1v) is 9.17. The van der Waals surface area contributed by atoms with E-state index in [-0.39, 0.29) is 11.2 Å². The predicted molar refractivity (Wildman–Crippen MR) is 107 cm³/mol. The highest BCUT2D eigenvalue weighted by atomic mass is 32.2. The molecule has 0 spiro atoms. The molecule has 0 aliphatic carbocycles. The summed E-state index contributed by atoms with van der Waals surface area (Å²) in [5.41, 5.74) is 0.827. The van der Waals surface area contributed by atoms with E-state index >= 15 is 0 Å². The van der Waals surface area contributed by atoms with Gasteiger partial charge in [-0.2, -0.15) is 0 Å². The van der Waals surface area contributed by atoms with Crippen LogP contribution in [0, 0.1) is 0 Å². The lowest BCUT2D eigenvalue weighted by Crippen LogP contribution is -2.22. The van der Waals surface area contributed by atoms with Gasteiger partial charge in [0, 0.05) is 16.0 Å². The molecule has 3 rings (SSSR count). The molecule has 0 heterocycles. The maximum Gasteiger partial charge on any atom is 0.237 e. The first-order valence-electron chi connectivity index (χ1n) is 8.29. The zero-order valence-corrected chi connectivity index (χ0v) is 15.8. The van der Waals surface area contributed by atoms with Gasteiger partial charge in [0.1, 0.15) is 0 Å². The second-order valence-corrected chi connectivity index (χ2v) is 7.21. The minimum Gasteiger partial charge on any atom is -0.493 e. The molecule has 1 N–H and O–H groups in total. The van der Waals surface area contributed by atoms with E-state index < -0.39 is 0 Å². The molecule has 4 nitrogen and oxygen atoms in total. The van der Waals surface area contributed by atoms with E-state index in [0.717, 1.165) is 21.4 Å². The van der Waals surface area contributed by atoms with Crippen molar-refractivity contribution in [1.29, 1.82) is 0 Å². The molecule has 1 atom stereocenters. The molecular weight excluding hydrogens is 346 g/mol. The standard InChI is InChI=1S/C21H21NO3S/c1-14(26-16-11-12-19(24-2)20(13-16)25-3)21(23)22-18-10-6-8-15-7-4-5-9-17(15)18/h4-14H,1-3H3,(H,22,23)/t14-/m0/s1. The Hall–Kier alpha value is -2.66. The number of fused-ring (bicyclic) bond motifs is 1. The van der Waals surface area contributed by atoms with E-state index in [0.29, 0.717) is 11.5 Å². The molecule has 3 aromatic rings. The highest BCUT2D eigenvalue weighted by Crippen LogP contribution is 2.34. The Kier molecular flexibility index (Phi) is 5.68. The monoisotopic (exact) mass is 367 g/mol. The van der Waals surface area contributed by atoms with E-state index in [9.17, 15) is 4.79 Å². The zero-order chi connectivity index (χ0) is 18.5. The van der Waals surface area contributed by atoms with Gasteiger partial charge in [0.05, 0.1) is 19.5 Å². The van der Waals surface area contributed by atoms with E-state index in [1.54, 1.807) is 14.2 Å². The van der Waals surface area contributed by atoms with Crippen molar-refractivity contribution >= 4 is 34.1 Å². The molecule has 0 radical (unpaired) electrons. The molecule has 0 unspecified atom stereocenters. The third-order valence-corrected chi connectivity index (χ3v) is 5.18. The number of methoxy groups -OCH3 is 2. The topological polar surface area (TPSA) is 47.6 Å². The van der Waals surface area contributed by atoms with Gasteiger partial charge in [0.2, 0.25) is 5.91 Å². The fraction of sp³-hybridized carbons (Fsp3) is 0.190. The van der Waals surface area contributed by atoms with E-state index in [2.05, 4.69) is 5.32 Å². The molecule has 26 heavy (non-hydrogen) atoms. The quantitative estimate of drug-likeness (QED) is 0.625. The van der Waals surface area contributed by atoms with Crippen LogP contribution in [0.1, 0.15) is 6.92 Å². The van der Waals surface area contributed by atoms with Crippen LogP contribution in [-0.4, -0.2) is 25.4 Å². The van der Waals surface area contributed by atoms with Crippen LogP contribution < -0.4 is 14.8 Å². The Morgan fingerprint density at radius 1 is 0.962 bits per heavy atom. The van der Waals surface area contributed by atoms with Crippen molar-refractivity contribution in [2.75, 3.05) is 19.5 Å². The summed E-state index contributed by atoms with van der Waals surface area (Å²) in [6.45, 7) is 1.89. The molecule has 0 aliphatic rings. The Balaban J connectivity index is 1.74. The van der Waals surface area contributed by atoms with Crippen LogP contribution in [0.2, 0.25) is 0 Å². The number of carbonyl (C=O) groups excluding carboxylic acids is 1. The van der Waals surface area contributed by atoms with Crippen molar-refractivity contribution in [1.82, 2.24) is 0 Å². The number of amides is 1. The van der Waals surface area contributed by atoms with Gasteiger partial charge in [0.15, 0.2) is 11.5 Å². The number of thioether (sulfide) groups is 1. The second-order valence-electron chi connectivity index (χ2n) is 5.79. The average Bonchev–Trinajstić information content (AvgIpc) is 2.68. The maximum atomic E-state index is 12.7. The van der Waals surface area contributed by atoms with Gasteiger partial charge in [-0.1, -0.05) is 36.4 Å². The molecule has 0 saturated carbocycles. The van der Waals surface area contributed by atoms with Crippen LogP contribution in [0.4, 0.5) is 5.69 Å². The normalized spacial score (nSPS) is 11.8. The van der Waals surface area contributed by atoms with Crippen molar-refractivity contribution in [2.24, 2.45) is 0 Å². The third kappa shape index (κ3) is 3.94. The lowest BCUT2D eigenvalue weighted by molar-refractivity contribution is -0.115. The largest absolute Gasteiger partial charge is 0.493 e. The van der Waals surface area contributed by atoms with E-state index in [1.165, 1.54) is 11.8 Å². The lowest BCUT2D eigenvalue weighted by atomic mass is 10.1. The van der Waals surface area contributed by atoms with Crippen molar-refractivity contribution in [2.45, 2.75) is 17.1 Å². The number of hydrogen-bond donors (Lipinski definition) is 1. The summed E-state index contributed by atoms with van der Waals surface area (Å²) in [5, 5.41) is 4.92. The number of benzene rings is 3. The lowest BCUT2D eigenvalue weighted by Gasteiger charge is -2.15. The molecular formula is C21H21NO3S. The number of ether oxygens (including phenoxy) is 2. The summed E-state index contributed by atoms with van der Waals surface area (Å²) in [6, 6.07) is 19.6. The highest BCUT2D eigenvalue weighted by Gasteiger charge is 2.16. The van der Waals surface area contributed by atoms with Crippen LogP contribution in [-0.2, 0) is 4.79 Å². The first kappa shape index (κ1) is 18.1. The van der Waals surface area contributed by atoms with Crippen molar-refractivity contribution in [3.05, 3.63) is 60.7 Å². The number of carbonyl (C=O) groups is 1. The van der Waals surface area contributed by atoms with Gasteiger partial charge in [0.25, 0.3) is 0 Å². The van der Waals surface area contributed by atoms with Gasteiger partial charge in [-0.05, 0) is 36.6 Å². The highest BCUT2D eigenvalue weighted by molar-refractivity contribution is 8.00. The minimum atomic E-state index is -0.257. The molecule has 0 fully saturated rings. The molecule has 0 aromatic heterocycles. The molecule has 1 amide bonds. The van der Waals surface area contributed by atoms with Crippen LogP contribution in [0.3, 0.4) is 0 Å². The molecule has 3 aromatic carbocycles. The van der Waals surface area contributed by atoms with Crippen LogP contribution >= 0.6 is 11.8 Å². The maximum absolute atomic E-state index is 12.7. The summed E-state index contributed by atoms with van der Waals surface area (Å²) in [7, 11) is 3.20. The Morgan fingerprint density at radius 2 is 1.69 bits per heavy atom. The number of hydrogen-bond acceptors (Lipinski definition) is 4. The molecule has 0 aliphatic heterocycles. The molecule has 5 heteroatoms. The smallest absolute Gasteiger partial charge is 0.237 e. The van der Waals surface area contributed by atoms with Crippen LogP contribution in [0.5, 0.6) is 11.5 Å². The van der Waals surface area contributed by atoms with Gasteiger partial charge in [-0.3, -0.25) is 4.79 Å². The Labute approximate surface area is 157 Å². The average molecular weight is 367 g/mol. The van der Waals surface area contributed by atoms with E-state index in [1.807, 2.05) is 67.6 Å². The SMILES string of the molecule is COc1ccc(S[C@@H](C)C(=O)Nc2cccc3ccccc23)cc1OC. The van der Waals surface area contributed by atoms with Crippen LogP contribution in [0.15, 0.2) is 65.6 Å². The van der Waals surface area contributed by atoms with Crippen molar-refractivity contribution < 1.29 is 14.3 Å². The minimum absolute atomic E-state index is 0.0406. The van der Waals surface area contributed by atoms with Gasteiger partial charge in [-0.15, -0.1) is 11.8 Å². The van der Waals surface area contributed by atoms with Crippen molar-refractivity contribution in [3.63, 3.8) is 0 Å². The molecule has 134 valence electrons. The third-order valence-electron chi connectivity index (χ3n) is 4.08. The summed E-state index contributed by atoms with van der Waals surface area (Å²) < 4.78 is 10.6. The fourth-order valence-corrected chi connectivity index (χ4v) is 3.61. The van der Waals surface area contributed by atoms with Gasteiger partial charge >= 0.3 is 0 Å². The number of nitrogens with one attached hydrogen (secondary N) is 1. The van der Waals surface area contributed by atoms with E-state index in [4.69, 9.17) is 9.47 Å². The van der Waals surface area contributed by atoms with Gasteiger partial charge in [-0.25, -0.2) is 0 Å². The first-order chi connectivity index (χ1) is 12.6. The summed E-state index contributed by atoms with van der Waals surface area (Å²) >= 11 is 1.48. The summed E-state index contributed by atoms with van der Waals surface area (Å²) in [4.78, 5) is 13.6. The number of anilines is 1. The number of rotatable bonds is 6. The summed E-state index contributed by atoms with van der Waals surface area (Å²) in [6.07, 6.45) is 0. The zero-order valence-electron chi connectivity index (χ0n) is 15.0. The summed E-state index contributed by atoms with van der Waals surface area (Å²) in [5.74, 6) is 1.28. The van der Waals surface area contributed by atoms with Crippen molar-refractivity contribution in [3.8, 4) is 11.5 Å². The Bertz CT molecular complexity index is 921. The van der Waals surface area contributed by atoms with Crippen LogP contribution in [0.25, 0.3) is 10.8 Å². The Morgan fingerprint density at radius 3 is 2.46 bits per heavy atom. The second kappa shape index (κ2) is 8.15. The predicted octanol–water partition coefficient (Wildman–Crippen LogP) is 4.98. The fourth-order valence-electron chi connectivity index (χ4n) is 2.72. The molecule has 0 bridgehead atoms. The molecule has 0 saturated heterocycles.